The highest BCUT2D eigenvalue weighted by molar-refractivity contribution is 5.43. The Morgan fingerprint density at radius 2 is 1.55 bits per heavy atom. The molecule has 0 spiro atoms. The Morgan fingerprint density at radius 1 is 0.950 bits per heavy atom. The molecular weight excluding hydrogens is 250 g/mol. The Labute approximate surface area is 123 Å². The fourth-order valence-electron chi connectivity index (χ4n) is 2.21. The predicted molar refractivity (Wildman–Crippen MR) is 84.5 cm³/mol. The van der Waals surface area contributed by atoms with Gasteiger partial charge < -0.3 is 15.2 Å². The lowest BCUT2D eigenvalue weighted by Gasteiger charge is -2.29. The molecule has 20 heavy (non-hydrogen) atoms. The lowest BCUT2D eigenvalue weighted by molar-refractivity contribution is 0.302. The number of rotatable bonds is 6. The van der Waals surface area contributed by atoms with Crippen molar-refractivity contribution >= 4 is 0 Å². The molecule has 0 saturated heterocycles. The van der Waals surface area contributed by atoms with Crippen LogP contribution in [0.25, 0.3) is 0 Å². The summed E-state index contributed by atoms with van der Waals surface area (Å²) in [4.78, 5) is 0. The van der Waals surface area contributed by atoms with Crippen LogP contribution in [0.4, 0.5) is 0 Å². The molecule has 0 aliphatic carbocycles. The van der Waals surface area contributed by atoms with E-state index in [0.717, 1.165) is 30.8 Å². The first-order valence-corrected chi connectivity index (χ1v) is 7.17. The molecule has 0 saturated carbocycles. The molecule has 1 aromatic carbocycles. The van der Waals surface area contributed by atoms with Crippen molar-refractivity contribution in [2.24, 2.45) is 11.1 Å². The minimum atomic E-state index is -0.202. The zero-order chi connectivity index (χ0) is 15.4. The number of methoxy groups -OCH3 is 2. The van der Waals surface area contributed by atoms with Crippen LogP contribution in [0.1, 0.15) is 46.1 Å². The molecule has 0 fully saturated rings. The SMILES string of the molecule is COc1ccc(CC(C)(N)CCC(C)(C)C)cc1OC. The highest BCUT2D eigenvalue weighted by Crippen LogP contribution is 2.30. The molecule has 3 heteroatoms. The van der Waals surface area contributed by atoms with Gasteiger partial charge in [-0.05, 0) is 49.3 Å². The molecule has 3 nitrogen and oxygen atoms in total. The Morgan fingerprint density at radius 3 is 2.05 bits per heavy atom. The normalized spacial score (nSPS) is 14.8. The summed E-state index contributed by atoms with van der Waals surface area (Å²) in [5.41, 5.74) is 7.74. The van der Waals surface area contributed by atoms with Crippen LogP contribution >= 0.6 is 0 Å². The summed E-state index contributed by atoms with van der Waals surface area (Å²) < 4.78 is 10.6. The van der Waals surface area contributed by atoms with Gasteiger partial charge in [-0.3, -0.25) is 0 Å². The van der Waals surface area contributed by atoms with Gasteiger partial charge in [0.1, 0.15) is 0 Å². The zero-order valence-electron chi connectivity index (χ0n) is 13.7. The van der Waals surface area contributed by atoms with E-state index in [2.05, 4.69) is 33.8 Å². The van der Waals surface area contributed by atoms with Crippen molar-refractivity contribution in [2.45, 2.75) is 52.5 Å². The van der Waals surface area contributed by atoms with E-state index in [-0.39, 0.29) is 5.54 Å². The molecule has 0 aliphatic rings. The Bertz CT molecular complexity index is 433. The second-order valence-electron chi connectivity index (χ2n) is 7.08. The first-order valence-electron chi connectivity index (χ1n) is 7.17. The molecule has 1 atom stereocenters. The van der Waals surface area contributed by atoms with Gasteiger partial charge in [0.2, 0.25) is 0 Å². The zero-order valence-corrected chi connectivity index (χ0v) is 13.7. The Balaban J connectivity index is 2.76. The molecule has 0 bridgehead atoms. The summed E-state index contributed by atoms with van der Waals surface area (Å²) in [6.45, 7) is 8.87. The van der Waals surface area contributed by atoms with Crippen molar-refractivity contribution < 1.29 is 9.47 Å². The molecule has 114 valence electrons. The van der Waals surface area contributed by atoms with Crippen LogP contribution in [0, 0.1) is 5.41 Å². The van der Waals surface area contributed by atoms with Gasteiger partial charge in [-0.1, -0.05) is 26.8 Å². The van der Waals surface area contributed by atoms with Gasteiger partial charge in [-0.2, -0.15) is 0 Å². The standard InChI is InChI=1S/C17H29NO2/c1-16(2,3)9-10-17(4,18)12-13-7-8-14(19-5)15(11-13)20-6/h7-8,11H,9-10,12,18H2,1-6H3. The monoisotopic (exact) mass is 279 g/mol. The molecule has 0 aromatic heterocycles. The molecule has 1 unspecified atom stereocenters. The minimum absolute atomic E-state index is 0.202. The summed E-state index contributed by atoms with van der Waals surface area (Å²) in [6, 6.07) is 6.01. The summed E-state index contributed by atoms with van der Waals surface area (Å²) in [7, 11) is 3.30. The van der Waals surface area contributed by atoms with Crippen LogP contribution in [-0.4, -0.2) is 19.8 Å². The fourth-order valence-corrected chi connectivity index (χ4v) is 2.21. The summed E-state index contributed by atoms with van der Waals surface area (Å²) in [6.07, 6.45) is 2.96. The Kier molecular flexibility index (Phi) is 5.46. The van der Waals surface area contributed by atoms with Gasteiger partial charge in [0, 0.05) is 5.54 Å². The van der Waals surface area contributed by atoms with Crippen molar-refractivity contribution in [1.29, 1.82) is 0 Å². The van der Waals surface area contributed by atoms with Crippen molar-refractivity contribution in [1.82, 2.24) is 0 Å². The third-order valence-electron chi connectivity index (χ3n) is 3.50. The van der Waals surface area contributed by atoms with Crippen LogP contribution in [0.15, 0.2) is 18.2 Å². The quantitative estimate of drug-likeness (QED) is 0.861. The molecule has 0 aliphatic heterocycles. The van der Waals surface area contributed by atoms with E-state index in [0.29, 0.717) is 5.41 Å². The molecule has 0 amide bonds. The predicted octanol–water partition coefficient (Wildman–Crippen LogP) is 3.79. The average Bonchev–Trinajstić information content (AvgIpc) is 2.35. The topological polar surface area (TPSA) is 44.5 Å². The molecule has 1 aromatic rings. The van der Waals surface area contributed by atoms with Gasteiger partial charge in [0.15, 0.2) is 11.5 Å². The molecule has 0 heterocycles. The highest BCUT2D eigenvalue weighted by Gasteiger charge is 2.23. The fraction of sp³-hybridized carbons (Fsp3) is 0.647. The number of hydrogen-bond acceptors (Lipinski definition) is 3. The number of ether oxygens (including phenoxy) is 2. The maximum atomic E-state index is 6.45. The Hall–Kier alpha value is -1.22. The first-order chi connectivity index (χ1) is 9.17. The smallest absolute Gasteiger partial charge is 0.160 e. The first kappa shape index (κ1) is 16.8. The molecule has 0 radical (unpaired) electrons. The van der Waals surface area contributed by atoms with Crippen molar-refractivity contribution in [3.63, 3.8) is 0 Å². The van der Waals surface area contributed by atoms with Gasteiger partial charge in [0.25, 0.3) is 0 Å². The highest BCUT2D eigenvalue weighted by atomic mass is 16.5. The second-order valence-corrected chi connectivity index (χ2v) is 7.08. The lowest BCUT2D eigenvalue weighted by atomic mass is 9.81. The molecule has 1 rings (SSSR count). The third kappa shape index (κ3) is 5.41. The van der Waals surface area contributed by atoms with E-state index in [1.54, 1.807) is 14.2 Å². The van der Waals surface area contributed by atoms with E-state index < -0.39 is 0 Å². The van der Waals surface area contributed by atoms with Gasteiger partial charge in [-0.25, -0.2) is 0 Å². The lowest BCUT2D eigenvalue weighted by Crippen LogP contribution is -2.39. The van der Waals surface area contributed by atoms with E-state index in [9.17, 15) is 0 Å². The average molecular weight is 279 g/mol. The van der Waals surface area contributed by atoms with Crippen LogP contribution in [0.3, 0.4) is 0 Å². The van der Waals surface area contributed by atoms with E-state index in [1.807, 2.05) is 12.1 Å². The number of nitrogens with two attached hydrogens (primary N) is 1. The van der Waals surface area contributed by atoms with Crippen LogP contribution < -0.4 is 15.2 Å². The van der Waals surface area contributed by atoms with E-state index in [1.165, 1.54) is 5.56 Å². The van der Waals surface area contributed by atoms with Crippen molar-refractivity contribution in [3.05, 3.63) is 23.8 Å². The summed E-state index contributed by atoms with van der Waals surface area (Å²) in [5.74, 6) is 1.52. The van der Waals surface area contributed by atoms with Crippen LogP contribution in [0.2, 0.25) is 0 Å². The van der Waals surface area contributed by atoms with Crippen LogP contribution in [-0.2, 0) is 6.42 Å². The third-order valence-corrected chi connectivity index (χ3v) is 3.50. The largest absolute Gasteiger partial charge is 0.493 e. The number of hydrogen-bond donors (Lipinski definition) is 1. The summed E-state index contributed by atoms with van der Waals surface area (Å²) in [5, 5.41) is 0. The summed E-state index contributed by atoms with van der Waals surface area (Å²) >= 11 is 0. The van der Waals surface area contributed by atoms with Crippen LogP contribution in [0.5, 0.6) is 11.5 Å². The van der Waals surface area contributed by atoms with E-state index >= 15 is 0 Å². The van der Waals surface area contributed by atoms with Gasteiger partial charge >= 0.3 is 0 Å². The van der Waals surface area contributed by atoms with Crippen molar-refractivity contribution in [2.75, 3.05) is 14.2 Å². The maximum absolute atomic E-state index is 6.45. The second kappa shape index (κ2) is 6.49. The maximum Gasteiger partial charge on any atom is 0.160 e. The number of benzene rings is 1. The van der Waals surface area contributed by atoms with E-state index in [4.69, 9.17) is 15.2 Å². The minimum Gasteiger partial charge on any atom is -0.493 e. The van der Waals surface area contributed by atoms with Gasteiger partial charge in [0.05, 0.1) is 14.2 Å². The van der Waals surface area contributed by atoms with Gasteiger partial charge in [-0.15, -0.1) is 0 Å². The molecule has 2 N–H and O–H groups in total. The molecular formula is C17H29NO2. The van der Waals surface area contributed by atoms with Crippen molar-refractivity contribution in [3.8, 4) is 11.5 Å².